The zero-order chi connectivity index (χ0) is 12.5. The Morgan fingerprint density at radius 2 is 2.29 bits per heavy atom. The van der Waals surface area contributed by atoms with Crippen LogP contribution in [0.4, 0.5) is 0 Å². The van der Waals surface area contributed by atoms with Gasteiger partial charge in [-0.15, -0.1) is 0 Å². The first-order valence-corrected chi connectivity index (χ1v) is 5.97. The van der Waals surface area contributed by atoms with Crippen molar-refractivity contribution in [2.75, 3.05) is 0 Å². The molecule has 17 heavy (non-hydrogen) atoms. The molecule has 1 fully saturated rings. The van der Waals surface area contributed by atoms with Crippen molar-refractivity contribution < 1.29 is 4.42 Å². The largest absolute Gasteiger partial charge is 0.443 e. The van der Waals surface area contributed by atoms with E-state index in [1.807, 2.05) is 20.8 Å². The molecule has 0 saturated heterocycles. The third-order valence-electron chi connectivity index (χ3n) is 2.41. The Labute approximate surface area is 102 Å². The molecule has 0 atom stereocenters. The number of nitrogens with one attached hydrogen (secondary N) is 1. The van der Waals surface area contributed by atoms with E-state index < -0.39 is 0 Å². The Kier molecular flexibility index (Phi) is 3.09. The SMILES string of the molecule is CC(C)(C)NC(N)=NCc1cnc(C2CC2)o1. The molecule has 0 aromatic carbocycles. The summed E-state index contributed by atoms with van der Waals surface area (Å²) in [6, 6.07) is 0. The van der Waals surface area contributed by atoms with Gasteiger partial charge in [-0.25, -0.2) is 9.98 Å². The summed E-state index contributed by atoms with van der Waals surface area (Å²) in [5.74, 6) is 2.59. The number of guanidine groups is 1. The Hall–Kier alpha value is -1.52. The molecule has 0 spiro atoms. The van der Waals surface area contributed by atoms with Crippen LogP contribution in [-0.2, 0) is 6.54 Å². The maximum Gasteiger partial charge on any atom is 0.197 e. The van der Waals surface area contributed by atoms with Crippen LogP contribution in [0, 0.1) is 0 Å². The number of aliphatic imine (C=N–C) groups is 1. The van der Waals surface area contributed by atoms with E-state index in [1.165, 1.54) is 12.8 Å². The molecular weight excluding hydrogens is 216 g/mol. The molecule has 1 aliphatic carbocycles. The van der Waals surface area contributed by atoms with E-state index in [2.05, 4.69) is 15.3 Å². The average molecular weight is 236 g/mol. The zero-order valence-electron chi connectivity index (χ0n) is 10.7. The van der Waals surface area contributed by atoms with Crippen LogP contribution in [0.5, 0.6) is 0 Å². The lowest BCUT2D eigenvalue weighted by Gasteiger charge is -2.20. The van der Waals surface area contributed by atoms with Crippen molar-refractivity contribution in [3.63, 3.8) is 0 Å². The molecule has 1 saturated carbocycles. The highest BCUT2D eigenvalue weighted by Crippen LogP contribution is 2.39. The van der Waals surface area contributed by atoms with Gasteiger partial charge in [0.1, 0.15) is 12.3 Å². The molecular formula is C12H20N4O. The minimum absolute atomic E-state index is 0.0752. The number of hydrogen-bond acceptors (Lipinski definition) is 3. The number of nitrogens with two attached hydrogens (primary N) is 1. The predicted molar refractivity (Wildman–Crippen MR) is 66.7 cm³/mol. The van der Waals surface area contributed by atoms with Gasteiger partial charge in [0.2, 0.25) is 0 Å². The first kappa shape index (κ1) is 12.0. The van der Waals surface area contributed by atoms with Crippen LogP contribution in [0.15, 0.2) is 15.6 Å². The smallest absolute Gasteiger partial charge is 0.197 e. The lowest BCUT2D eigenvalue weighted by atomic mass is 10.1. The Balaban J connectivity index is 1.89. The van der Waals surface area contributed by atoms with E-state index in [0.717, 1.165) is 11.7 Å². The van der Waals surface area contributed by atoms with E-state index in [-0.39, 0.29) is 5.54 Å². The van der Waals surface area contributed by atoms with Crippen molar-refractivity contribution in [1.82, 2.24) is 10.3 Å². The summed E-state index contributed by atoms with van der Waals surface area (Å²) in [4.78, 5) is 8.46. The lowest BCUT2D eigenvalue weighted by molar-refractivity contribution is 0.456. The Morgan fingerprint density at radius 1 is 1.59 bits per heavy atom. The fourth-order valence-electron chi connectivity index (χ4n) is 1.50. The van der Waals surface area contributed by atoms with Crippen LogP contribution in [0.1, 0.15) is 51.2 Å². The summed E-state index contributed by atoms with van der Waals surface area (Å²) >= 11 is 0. The standard InChI is InChI=1S/C12H20N4O/c1-12(2,3)16-11(13)15-7-9-6-14-10(17-9)8-4-5-8/h6,8H,4-5,7H2,1-3H3,(H3,13,15,16). The van der Waals surface area contributed by atoms with Crippen LogP contribution in [0.25, 0.3) is 0 Å². The number of aromatic nitrogens is 1. The van der Waals surface area contributed by atoms with E-state index in [0.29, 0.717) is 18.4 Å². The van der Waals surface area contributed by atoms with E-state index in [9.17, 15) is 0 Å². The molecule has 2 rings (SSSR count). The minimum Gasteiger partial charge on any atom is -0.443 e. The molecule has 1 aromatic rings. The monoisotopic (exact) mass is 236 g/mol. The quantitative estimate of drug-likeness (QED) is 0.619. The molecule has 1 aromatic heterocycles. The maximum atomic E-state index is 5.76. The van der Waals surface area contributed by atoms with Gasteiger partial charge in [-0.3, -0.25) is 0 Å². The van der Waals surface area contributed by atoms with Crippen LogP contribution < -0.4 is 11.1 Å². The summed E-state index contributed by atoms with van der Waals surface area (Å²) in [6.45, 7) is 6.55. The molecule has 5 heteroatoms. The first-order valence-electron chi connectivity index (χ1n) is 5.97. The molecule has 3 N–H and O–H groups in total. The summed E-state index contributed by atoms with van der Waals surface area (Å²) in [7, 11) is 0. The van der Waals surface area contributed by atoms with Gasteiger partial charge in [0.15, 0.2) is 11.9 Å². The molecule has 1 heterocycles. The van der Waals surface area contributed by atoms with Crippen LogP contribution in [0.2, 0.25) is 0 Å². The second-order valence-corrected chi connectivity index (χ2v) is 5.52. The lowest BCUT2D eigenvalue weighted by Crippen LogP contribution is -2.44. The highest BCUT2D eigenvalue weighted by Gasteiger charge is 2.28. The number of oxazole rings is 1. The van der Waals surface area contributed by atoms with Gasteiger partial charge < -0.3 is 15.5 Å². The predicted octanol–water partition coefficient (Wildman–Crippen LogP) is 1.75. The molecule has 5 nitrogen and oxygen atoms in total. The third kappa shape index (κ3) is 3.76. The normalized spacial score (nSPS) is 17.2. The van der Waals surface area contributed by atoms with Gasteiger partial charge in [0.25, 0.3) is 0 Å². The van der Waals surface area contributed by atoms with E-state index >= 15 is 0 Å². The fraction of sp³-hybridized carbons (Fsp3) is 0.667. The van der Waals surface area contributed by atoms with Gasteiger partial charge in [-0.1, -0.05) is 0 Å². The van der Waals surface area contributed by atoms with E-state index in [1.54, 1.807) is 6.20 Å². The zero-order valence-corrected chi connectivity index (χ0v) is 10.7. The summed E-state index contributed by atoms with van der Waals surface area (Å²) in [5, 5.41) is 3.10. The van der Waals surface area contributed by atoms with Crippen LogP contribution in [0.3, 0.4) is 0 Å². The van der Waals surface area contributed by atoms with E-state index in [4.69, 9.17) is 10.2 Å². The van der Waals surface area contributed by atoms with Gasteiger partial charge >= 0.3 is 0 Å². The Morgan fingerprint density at radius 3 is 2.88 bits per heavy atom. The van der Waals surface area contributed by atoms with Crippen molar-refractivity contribution in [2.45, 2.75) is 51.6 Å². The fourth-order valence-corrected chi connectivity index (χ4v) is 1.50. The molecule has 0 unspecified atom stereocenters. The molecule has 0 radical (unpaired) electrons. The number of hydrogen-bond donors (Lipinski definition) is 2. The molecule has 0 bridgehead atoms. The van der Waals surface area contributed by atoms with Crippen LogP contribution >= 0.6 is 0 Å². The van der Waals surface area contributed by atoms with Crippen molar-refractivity contribution in [3.05, 3.63) is 17.8 Å². The second kappa shape index (κ2) is 4.39. The summed E-state index contributed by atoms with van der Waals surface area (Å²) < 4.78 is 5.59. The maximum absolute atomic E-state index is 5.76. The highest BCUT2D eigenvalue weighted by atomic mass is 16.4. The first-order chi connectivity index (χ1) is 7.94. The summed E-state index contributed by atoms with van der Waals surface area (Å²) in [6.07, 6.45) is 4.12. The van der Waals surface area contributed by atoms with Gasteiger partial charge in [0.05, 0.1) is 6.20 Å². The van der Waals surface area contributed by atoms with Gasteiger partial charge in [-0.05, 0) is 33.6 Å². The van der Waals surface area contributed by atoms with Gasteiger partial charge in [-0.2, -0.15) is 0 Å². The average Bonchev–Trinajstić information content (AvgIpc) is 2.93. The van der Waals surface area contributed by atoms with Crippen molar-refractivity contribution >= 4 is 5.96 Å². The number of rotatable bonds is 3. The van der Waals surface area contributed by atoms with Crippen molar-refractivity contribution in [3.8, 4) is 0 Å². The Bertz CT molecular complexity index is 412. The second-order valence-electron chi connectivity index (χ2n) is 5.52. The molecule has 0 aliphatic heterocycles. The van der Waals surface area contributed by atoms with Crippen LogP contribution in [-0.4, -0.2) is 16.5 Å². The molecule has 94 valence electrons. The van der Waals surface area contributed by atoms with Crippen molar-refractivity contribution in [1.29, 1.82) is 0 Å². The molecule has 0 amide bonds. The third-order valence-corrected chi connectivity index (χ3v) is 2.41. The minimum atomic E-state index is -0.0752. The van der Waals surface area contributed by atoms with Crippen molar-refractivity contribution in [2.24, 2.45) is 10.7 Å². The molecule has 1 aliphatic rings. The van der Waals surface area contributed by atoms with Gasteiger partial charge in [0, 0.05) is 11.5 Å². The summed E-state index contributed by atoms with van der Waals surface area (Å²) in [5.41, 5.74) is 5.69. The number of nitrogens with zero attached hydrogens (tertiary/aromatic N) is 2. The highest BCUT2D eigenvalue weighted by molar-refractivity contribution is 5.78. The topological polar surface area (TPSA) is 76.4 Å².